The molecule has 0 aliphatic carbocycles. The maximum absolute atomic E-state index is 2.45. The van der Waals surface area contributed by atoms with Crippen molar-refractivity contribution < 1.29 is 0 Å². The van der Waals surface area contributed by atoms with Crippen molar-refractivity contribution in [1.29, 1.82) is 0 Å². The topological polar surface area (TPSA) is 9.86 Å². The van der Waals surface area contributed by atoms with Gasteiger partial charge in [0, 0.05) is 63.9 Å². The van der Waals surface area contributed by atoms with Crippen molar-refractivity contribution >= 4 is 107 Å². The lowest BCUT2D eigenvalue weighted by atomic mass is 10.0. The largest absolute Gasteiger partial charge is 0.309 e. The Morgan fingerprint density at radius 1 is 0.288 bits per heavy atom. The van der Waals surface area contributed by atoms with Crippen LogP contribution in [0.1, 0.15) is 0 Å². The predicted octanol–water partition coefficient (Wildman–Crippen LogP) is 14.3. The van der Waals surface area contributed by atoms with E-state index in [1.165, 1.54) is 106 Å². The summed E-state index contributed by atoms with van der Waals surface area (Å²) in [5.41, 5.74) is 9.71. The van der Waals surface area contributed by atoms with E-state index in [0.717, 1.165) is 0 Å². The molecule has 8 aromatic carbocycles. The molecule has 4 aromatic heterocycles. The lowest BCUT2D eigenvalue weighted by Gasteiger charge is -2.10. The third kappa shape index (κ3) is 3.93. The molecule has 0 N–H and O–H groups in total. The van der Waals surface area contributed by atoms with E-state index in [0.29, 0.717) is 0 Å². The molecule has 0 saturated heterocycles. The fraction of sp³-hybridized carbons (Fsp3) is 0. The molecule has 242 valence electrons. The number of fused-ring (bicyclic) bond motifs is 13. The van der Waals surface area contributed by atoms with Crippen LogP contribution in [0.4, 0.5) is 0 Å². The van der Waals surface area contributed by atoms with E-state index in [9.17, 15) is 0 Å². The van der Waals surface area contributed by atoms with Crippen molar-refractivity contribution in [3.05, 3.63) is 170 Å². The van der Waals surface area contributed by atoms with Crippen molar-refractivity contribution in [2.24, 2.45) is 0 Å². The molecule has 0 unspecified atom stereocenters. The predicted molar refractivity (Wildman–Crippen MR) is 226 cm³/mol. The van der Waals surface area contributed by atoms with Crippen LogP contribution in [0.5, 0.6) is 0 Å². The van der Waals surface area contributed by atoms with Crippen LogP contribution >= 0.6 is 22.7 Å². The molecule has 4 heteroatoms. The van der Waals surface area contributed by atoms with E-state index in [1.807, 2.05) is 22.7 Å². The molecule has 0 saturated carbocycles. The molecule has 0 bridgehead atoms. The second-order valence-corrected chi connectivity index (χ2v) is 15.8. The summed E-state index contributed by atoms with van der Waals surface area (Å²) in [6.45, 7) is 0. The summed E-state index contributed by atoms with van der Waals surface area (Å²) in [6.07, 6.45) is 0. The first-order valence-electron chi connectivity index (χ1n) is 17.7. The highest BCUT2D eigenvalue weighted by molar-refractivity contribution is 7.33. The van der Waals surface area contributed by atoms with E-state index in [-0.39, 0.29) is 0 Å². The fourth-order valence-corrected chi connectivity index (χ4v) is 11.1. The molecule has 4 heterocycles. The van der Waals surface area contributed by atoms with Crippen molar-refractivity contribution in [1.82, 2.24) is 9.13 Å². The van der Waals surface area contributed by atoms with E-state index in [1.54, 1.807) is 0 Å². The van der Waals surface area contributed by atoms with Crippen LogP contribution in [0, 0.1) is 0 Å². The molecule has 0 amide bonds. The Balaban J connectivity index is 1.04. The highest BCUT2D eigenvalue weighted by Crippen LogP contribution is 2.45. The highest BCUT2D eigenvalue weighted by atomic mass is 32.1. The van der Waals surface area contributed by atoms with Crippen LogP contribution in [0.25, 0.3) is 106 Å². The minimum Gasteiger partial charge on any atom is -0.309 e. The van der Waals surface area contributed by atoms with Gasteiger partial charge < -0.3 is 9.13 Å². The Kier molecular flexibility index (Phi) is 5.84. The van der Waals surface area contributed by atoms with Crippen molar-refractivity contribution in [3.8, 4) is 22.5 Å². The Hall–Kier alpha value is -6.20. The number of nitrogens with zero attached hydrogens (tertiary/aromatic N) is 2. The van der Waals surface area contributed by atoms with Gasteiger partial charge in [0.1, 0.15) is 0 Å². The number of rotatable bonds is 3. The first kappa shape index (κ1) is 28.5. The third-order valence-corrected chi connectivity index (χ3v) is 13.5. The van der Waals surface area contributed by atoms with Gasteiger partial charge in [-0.25, -0.2) is 0 Å². The maximum atomic E-state index is 2.45. The summed E-state index contributed by atoms with van der Waals surface area (Å²) in [5.74, 6) is 0. The zero-order valence-electron chi connectivity index (χ0n) is 27.9. The van der Waals surface area contributed by atoms with Gasteiger partial charge in [0.2, 0.25) is 0 Å². The number of benzene rings is 8. The molecule has 0 aliphatic rings. The second kappa shape index (κ2) is 10.7. The SMILES string of the molecule is c1ccc(-n2c3ccccc3c3cc(-c4ccc5c(c4)c4ccccc4n5-c4ccc5sc6c(ccc7c8ccccc8sc76)c5c4)ccc32)cc1. The lowest BCUT2D eigenvalue weighted by molar-refractivity contribution is 1.18. The Morgan fingerprint density at radius 3 is 1.44 bits per heavy atom. The molecular formula is C48H28N2S2. The summed E-state index contributed by atoms with van der Waals surface area (Å²) >= 11 is 3.84. The van der Waals surface area contributed by atoms with E-state index < -0.39 is 0 Å². The Morgan fingerprint density at radius 2 is 0.788 bits per heavy atom. The zero-order valence-corrected chi connectivity index (χ0v) is 29.5. The van der Waals surface area contributed by atoms with E-state index in [2.05, 4.69) is 179 Å². The number of hydrogen-bond acceptors (Lipinski definition) is 2. The molecule has 0 fully saturated rings. The Labute approximate surface area is 306 Å². The van der Waals surface area contributed by atoms with Crippen LogP contribution in [-0.4, -0.2) is 9.13 Å². The smallest absolute Gasteiger partial charge is 0.0541 e. The zero-order chi connectivity index (χ0) is 33.9. The fourth-order valence-electron chi connectivity index (χ4n) is 8.58. The molecule has 52 heavy (non-hydrogen) atoms. The summed E-state index contributed by atoms with van der Waals surface area (Å²) in [5, 5.41) is 10.4. The van der Waals surface area contributed by atoms with Crippen molar-refractivity contribution in [2.75, 3.05) is 0 Å². The minimum absolute atomic E-state index is 1.18. The van der Waals surface area contributed by atoms with Crippen molar-refractivity contribution in [3.63, 3.8) is 0 Å². The molecule has 0 aliphatic heterocycles. The normalized spacial score (nSPS) is 12.2. The summed E-state index contributed by atoms with van der Waals surface area (Å²) in [6, 6.07) is 62.7. The molecule has 12 rings (SSSR count). The standard InChI is InChI=1S/C48H28N2S2/c1-2-10-31(11-3-1)49-41-15-7-4-12-33(41)38-26-29(18-23-43(38)49)30-19-24-44-39(27-30)34-13-5-8-16-42(34)50(44)32-20-25-46-40(28-32)37-22-21-36-35-14-6-9-17-45(35)51-47(36)48(37)52-46/h1-28H. The summed E-state index contributed by atoms with van der Waals surface area (Å²) in [7, 11) is 0. The van der Waals surface area contributed by atoms with Crippen molar-refractivity contribution in [2.45, 2.75) is 0 Å². The van der Waals surface area contributed by atoms with Crippen LogP contribution in [0.3, 0.4) is 0 Å². The molecule has 2 nitrogen and oxygen atoms in total. The second-order valence-electron chi connectivity index (χ2n) is 13.7. The van der Waals surface area contributed by atoms with Gasteiger partial charge in [-0.3, -0.25) is 0 Å². The molecular weight excluding hydrogens is 669 g/mol. The number of aromatic nitrogens is 2. The van der Waals surface area contributed by atoms with Gasteiger partial charge in [0.25, 0.3) is 0 Å². The molecule has 0 radical (unpaired) electrons. The minimum atomic E-state index is 1.18. The van der Waals surface area contributed by atoms with Gasteiger partial charge in [-0.15, -0.1) is 22.7 Å². The number of hydrogen-bond donors (Lipinski definition) is 0. The van der Waals surface area contributed by atoms with Gasteiger partial charge in [0.15, 0.2) is 0 Å². The van der Waals surface area contributed by atoms with E-state index >= 15 is 0 Å². The number of para-hydroxylation sites is 3. The monoisotopic (exact) mass is 696 g/mol. The quantitative estimate of drug-likeness (QED) is 0.174. The van der Waals surface area contributed by atoms with Gasteiger partial charge >= 0.3 is 0 Å². The van der Waals surface area contributed by atoms with Crippen LogP contribution < -0.4 is 0 Å². The number of thiophene rings is 2. The Bertz CT molecular complexity index is 3410. The van der Waals surface area contributed by atoms with Gasteiger partial charge in [-0.2, -0.15) is 0 Å². The molecule has 0 atom stereocenters. The van der Waals surface area contributed by atoms with Gasteiger partial charge in [-0.1, -0.05) is 97.1 Å². The van der Waals surface area contributed by atoms with Gasteiger partial charge in [0.05, 0.1) is 31.5 Å². The molecule has 0 spiro atoms. The van der Waals surface area contributed by atoms with Crippen LogP contribution in [-0.2, 0) is 0 Å². The van der Waals surface area contributed by atoms with Crippen LogP contribution in [0.2, 0.25) is 0 Å². The summed E-state index contributed by atoms with van der Waals surface area (Å²) in [4.78, 5) is 0. The summed E-state index contributed by atoms with van der Waals surface area (Å²) < 4.78 is 10.3. The average molecular weight is 697 g/mol. The first-order valence-corrected chi connectivity index (χ1v) is 19.3. The highest BCUT2D eigenvalue weighted by Gasteiger charge is 2.18. The maximum Gasteiger partial charge on any atom is 0.0541 e. The third-order valence-electron chi connectivity index (χ3n) is 10.9. The average Bonchev–Trinajstić information content (AvgIpc) is 3.95. The lowest BCUT2D eigenvalue weighted by Crippen LogP contribution is -1.93. The van der Waals surface area contributed by atoms with E-state index in [4.69, 9.17) is 0 Å². The first-order chi connectivity index (χ1) is 25.8. The van der Waals surface area contributed by atoms with Crippen LogP contribution in [0.15, 0.2) is 170 Å². The van der Waals surface area contributed by atoms with Gasteiger partial charge in [-0.05, 0) is 83.9 Å². The molecule has 12 aromatic rings.